The molecule has 26 heavy (non-hydrogen) atoms. The van der Waals surface area contributed by atoms with Gasteiger partial charge in [0.25, 0.3) is 0 Å². The number of likely N-dealkylation sites (tertiary alicyclic amines) is 1. The molecule has 7 heteroatoms. The number of hydrogen-bond donors (Lipinski definition) is 1. The Morgan fingerprint density at radius 1 is 1.19 bits per heavy atom. The number of benzene rings is 1. The Morgan fingerprint density at radius 2 is 1.88 bits per heavy atom. The minimum absolute atomic E-state index is 0.000547. The van der Waals surface area contributed by atoms with E-state index in [1.54, 1.807) is 24.0 Å². The molecule has 0 aliphatic carbocycles. The molecule has 1 aliphatic rings. The Morgan fingerprint density at radius 3 is 2.58 bits per heavy atom. The van der Waals surface area contributed by atoms with Crippen molar-refractivity contribution < 1.29 is 18.4 Å². The number of rotatable bonds is 5. The Balaban J connectivity index is 1.55. The number of piperidine rings is 1. The molecule has 2 amide bonds. The molecule has 1 saturated heterocycles. The van der Waals surface area contributed by atoms with Crippen molar-refractivity contribution >= 4 is 11.8 Å². The number of carbonyl (C=O) groups excluding carboxylic acids is 2. The molecule has 0 bridgehead atoms. The van der Waals surface area contributed by atoms with Gasteiger partial charge < -0.3 is 14.6 Å². The van der Waals surface area contributed by atoms with Gasteiger partial charge in [-0.3, -0.25) is 9.59 Å². The molecule has 1 aliphatic heterocycles. The highest BCUT2D eigenvalue weighted by Gasteiger charge is 2.18. The van der Waals surface area contributed by atoms with Crippen LogP contribution in [-0.2, 0) is 16.0 Å². The fourth-order valence-corrected chi connectivity index (χ4v) is 2.95. The summed E-state index contributed by atoms with van der Waals surface area (Å²) in [5.74, 6) is 0.200. The summed E-state index contributed by atoms with van der Waals surface area (Å²) >= 11 is 0. The summed E-state index contributed by atoms with van der Waals surface area (Å²) in [5, 5.41) is 2.65. The van der Waals surface area contributed by atoms with Gasteiger partial charge in [0.1, 0.15) is 11.6 Å². The van der Waals surface area contributed by atoms with Gasteiger partial charge in [-0.25, -0.2) is 9.37 Å². The van der Waals surface area contributed by atoms with E-state index >= 15 is 0 Å². The lowest BCUT2D eigenvalue weighted by molar-refractivity contribution is -0.133. The highest BCUT2D eigenvalue weighted by atomic mass is 19.1. The van der Waals surface area contributed by atoms with Crippen LogP contribution in [0.2, 0.25) is 0 Å². The van der Waals surface area contributed by atoms with Gasteiger partial charge in [-0.15, -0.1) is 0 Å². The normalized spacial score (nSPS) is 14.3. The molecule has 0 saturated carbocycles. The first-order valence-electron chi connectivity index (χ1n) is 8.79. The molecule has 3 rings (SSSR count). The van der Waals surface area contributed by atoms with Crippen LogP contribution in [0.15, 0.2) is 28.7 Å². The molecule has 1 fully saturated rings. The first kappa shape index (κ1) is 18.1. The quantitative estimate of drug-likeness (QED) is 0.890. The number of hydrogen-bond acceptors (Lipinski definition) is 4. The highest BCUT2D eigenvalue weighted by molar-refractivity contribution is 5.85. The van der Waals surface area contributed by atoms with Crippen LogP contribution >= 0.6 is 0 Å². The van der Waals surface area contributed by atoms with Crippen molar-refractivity contribution in [3.05, 3.63) is 41.5 Å². The van der Waals surface area contributed by atoms with Gasteiger partial charge in [-0.2, -0.15) is 0 Å². The Kier molecular flexibility index (Phi) is 5.65. The SMILES string of the molecule is Cc1oc(-c2ccc(F)cc2)nc1CC(=O)NCC(=O)N1CCCCC1. The van der Waals surface area contributed by atoms with E-state index in [1.807, 2.05) is 0 Å². The van der Waals surface area contributed by atoms with Crippen molar-refractivity contribution in [3.63, 3.8) is 0 Å². The zero-order valence-corrected chi connectivity index (χ0v) is 14.8. The summed E-state index contributed by atoms with van der Waals surface area (Å²) in [6, 6.07) is 5.80. The number of nitrogens with zero attached hydrogens (tertiary/aromatic N) is 2. The van der Waals surface area contributed by atoms with Crippen LogP contribution in [0.4, 0.5) is 4.39 Å². The predicted molar refractivity (Wildman–Crippen MR) is 93.8 cm³/mol. The topological polar surface area (TPSA) is 75.4 Å². The van der Waals surface area contributed by atoms with Gasteiger partial charge in [0.2, 0.25) is 17.7 Å². The summed E-state index contributed by atoms with van der Waals surface area (Å²) in [6.07, 6.45) is 3.22. The van der Waals surface area contributed by atoms with Crippen LogP contribution < -0.4 is 5.32 Å². The molecule has 0 spiro atoms. The third kappa shape index (κ3) is 4.47. The molecule has 0 atom stereocenters. The van der Waals surface area contributed by atoms with E-state index in [1.165, 1.54) is 12.1 Å². The summed E-state index contributed by atoms with van der Waals surface area (Å²) in [6.45, 7) is 3.25. The van der Waals surface area contributed by atoms with Crippen LogP contribution in [0.5, 0.6) is 0 Å². The third-order valence-electron chi connectivity index (χ3n) is 4.46. The molecule has 0 unspecified atom stereocenters. The first-order valence-corrected chi connectivity index (χ1v) is 8.79. The molecular weight excluding hydrogens is 337 g/mol. The number of oxazole rings is 1. The minimum atomic E-state index is -0.338. The van der Waals surface area contributed by atoms with Crippen molar-refractivity contribution in [1.82, 2.24) is 15.2 Å². The van der Waals surface area contributed by atoms with Gasteiger partial charge in [0.15, 0.2) is 0 Å². The zero-order valence-electron chi connectivity index (χ0n) is 14.8. The van der Waals surface area contributed by atoms with E-state index in [4.69, 9.17) is 4.42 Å². The summed E-state index contributed by atoms with van der Waals surface area (Å²) in [4.78, 5) is 30.3. The smallest absolute Gasteiger partial charge is 0.241 e. The van der Waals surface area contributed by atoms with Crippen LogP contribution in [-0.4, -0.2) is 41.3 Å². The van der Waals surface area contributed by atoms with Crippen molar-refractivity contribution in [3.8, 4) is 11.5 Å². The Bertz CT molecular complexity index is 780. The summed E-state index contributed by atoms with van der Waals surface area (Å²) in [5.41, 5.74) is 1.15. The van der Waals surface area contributed by atoms with E-state index in [2.05, 4.69) is 10.3 Å². The Labute approximate surface area is 151 Å². The standard InChI is InChI=1S/C19H22FN3O3/c1-13-16(22-19(26-13)14-5-7-15(20)8-6-14)11-17(24)21-12-18(25)23-9-3-2-4-10-23/h5-8H,2-4,9-12H2,1H3,(H,21,24). The minimum Gasteiger partial charge on any atom is -0.441 e. The van der Waals surface area contributed by atoms with E-state index in [-0.39, 0.29) is 30.6 Å². The molecule has 6 nitrogen and oxygen atoms in total. The third-order valence-corrected chi connectivity index (χ3v) is 4.46. The highest BCUT2D eigenvalue weighted by Crippen LogP contribution is 2.22. The van der Waals surface area contributed by atoms with Crippen molar-refractivity contribution in [2.75, 3.05) is 19.6 Å². The van der Waals surface area contributed by atoms with Crippen LogP contribution in [0.3, 0.4) is 0 Å². The lowest BCUT2D eigenvalue weighted by Crippen LogP contribution is -2.42. The Hall–Kier alpha value is -2.70. The van der Waals surface area contributed by atoms with Gasteiger partial charge in [0.05, 0.1) is 18.7 Å². The monoisotopic (exact) mass is 359 g/mol. The fourth-order valence-electron chi connectivity index (χ4n) is 2.95. The summed E-state index contributed by atoms with van der Waals surface area (Å²) < 4.78 is 18.6. The molecule has 0 radical (unpaired) electrons. The van der Waals surface area contributed by atoms with Crippen molar-refractivity contribution in [2.24, 2.45) is 0 Å². The van der Waals surface area contributed by atoms with Gasteiger partial charge in [-0.1, -0.05) is 0 Å². The number of nitrogens with one attached hydrogen (secondary N) is 1. The lowest BCUT2D eigenvalue weighted by atomic mass is 10.1. The van der Waals surface area contributed by atoms with Crippen molar-refractivity contribution in [2.45, 2.75) is 32.6 Å². The van der Waals surface area contributed by atoms with E-state index in [9.17, 15) is 14.0 Å². The zero-order chi connectivity index (χ0) is 18.5. The van der Waals surface area contributed by atoms with E-state index in [0.29, 0.717) is 22.9 Å². The lowest BCUT2D eigenvalue weighted by Gasteiger charge is -2.26. The van der Waals surface area contributed by atoms with Crippen LogP contribution in [0.1, 0.15) is 30.7 Å². The van der Waals surface area contributed by atoms with E-state index in [0.717, 1.165) is 32.4 Å². The molecule has 1 N–H and O–H groups in total. The molecular formula is C19H22FN3O3. The maximum Gasteiger partial charge on any atom is 0.241 e. The van der Waals surface area contributed by atoms with Crippen LogP contribution in [0, 0.1) is 12.7 Å². The van der Waals surface area contributed by atoms with Gasteiger partial charge in [-0.05, 0) is 50.5 Å². The number of aryl methyl sites for hydroxylation is 1. The van der Waals surface area contributed by atoms with Gasteiger partial charge in [0, 0.05) is 18.7 Å². The molecule has 2 heterocycles. The van der Waals surface area contributed by atoms with E-state index < -0.39 is 0 Å². The number of carbonyl (C=O) groups is 2. The second-order valence-electron chi connectivity index (χ2n) is 6.42. The first-order chi connectivity index (χ1) is 12.5. The number of aromatic nitrogens is 1. The largest absolute Gasteiger partial charge is 0.441 e. The maximum absolute atomic E-state index is 13.0. The second kappa shape index (κ2) is 8.12. The molecule has 1 aromatic heterocycles. The second-order valence-corrected chi connectivity index (χ2v) is 6.42. The number of amides is 2. The average Bonchev–Trinajstić information content (AvgIpc) is 3.01. The molecule has 1 aromatic carbocycles. The summed E-state index contributed by atoms with van der Waals surface area (Å²) in [7, 11) is 0. The average molecular weight is 359 g/mol. The number of halogens is 1. The fraction of sp³-hybridized carbons (Fsp3) is 0.421. The predicted octanol–water partition coefficient (Wildman–Crippen LogP) is 2.46. The van der Waals surface area contributed by atoms with Crippen LogP contribution in [0.25, 0.3) is 11.5 Å². The molecule has 138 valence electrons. The van der Waals surface area contributed by atoms with Crippen molar-refractivity contribution in [1.29, 1.82) is 0 Å². The van der Waals surface area contributed by atoms with Gasteiger partial charge >= 0.3 is 0 Å². The molecule has 2 aromatic rings. The maximum atomic E-state index is 13.0.